The lowest BCUT2D eigenvalue weighted by Crippen LogP contribution is -2.49. The molecule has 7 heteroatoms. The van der Waals surface area contributed by atoms with Crippen molar-refractivity contribution in [1.82, 2.24) is 9.62 Å². The molecule has 0 unspecified atom stereocenters. The molecule has 0 aliphatic carbocycles. The molecule has 0 saturated carbocycles. The van der Waals surface area contributed by atoms with Crippen molar-refractivity contribution in [2.45, 2.75) is 58.4 Å². The lowest BCUT2D eigenvalue weighted by Gasteiger charge is -2.35. The summed E-state index contributed by atoms with van der Waals surface area (Å²) in [6.45, 7) is 10.6. The number of hydrogen-bond donors (Lipinski definition) is 1. The van der Waals surface area contributed by atoms with E-state index >= 15 is 0 Å². The van der Waals surface area contributed by atoms with E-state index in [1.54, 1.807) is 12.1 Å². The van der Waals surface area contributed by atoms with Crippen molar-refractivity contribution in [3.05, 3.63) is 23.3 Å². The predicted molar refractivity (Wildman–Crippen MR) is 102 cm³/mol. The van der Waals surface area contributed by atoms with Gasteiger partial charge < -0.3 is 9.64 Å². The van der Waals surface area contributed by atoms with E-state index in [2.05, 4.69) is 4.72 Å². The molecular weight excluding hydrogens is 352 g/mol. The average Bonchev–Trinajstić information content (AvgIpc) is 2.55. The Hall–Kier alpha value is -1.60. The van der Waals surface area contributed by atoms with Crippen molar-refractivity contribution in [2.24, 2.45) is 5.41 Å². The largest absolute Gasteiger partial charge is 0.495 e. The van der Waals surface area contributed by atoms with Crippen LogP contribution < -0.4 is 9.46 Å². The Balaban J connectivity index is 2.10. The fraction of sp³-hybridized carbons (Fsp3) is 0.632. The van der Waals surface area contributed by atoms with E-state index in [1.165, 1.54) is 7.11 Å². The molecule has 146 valence electrons. The third-order valence-electron chi connectivity index (χ3n) is 4.82. The fourth-order valence-corrected chi connectivity index (χ4v) is 4.63. The van der Waals surface area contributed by atoms with Crippen LogP contribution in [0.4, 0.5) is 0 Å². The number of carbonyl (C=O) groups excluding carboxylic acids is 1. The van der Waals surface area contributed by atoms with Gasteiger partial charge in [0.2, 0.25) is 15.9 Å². The van der Waals surface area contributed by atoms with Gasteiger partial charge >= 0.3 is 0 Å². The van der Waals surface area contributed by atoms with Gasteiger partial charge in [-0.25, -0.2) is 13.1 Å². The third kappa shape index (κ3) is 4.57. The highest BCUT2D eigenvalue weighted by atomic mass is 32.2. The van der Waals surface area contributed by atoms with Crippen LogP contribution in [0.25, 0.3) is 0 Å². The fourth-order valence-electron chi connectivity index (χ4n) is 3.09. The van der Waals surface area contributed by atoms with Crippen molar-refractivity contribution < 1.29 is 17.9 Å². The Kier molecular flexibility index (Phi) is 6.02. The number of likely N-dealkylation sites (tertiary alicyclic amines) is 1. The SMILES string of the molecule is COc1cc(C)c(C)cc1S(=O)(=O)NC1CCN(C(=O)C(C)(C)C)CC1. The lowest BCUT2D eigenvalue weighted by molar-refractivity contribution is -0.140. The number of ether oxygens (including phenoxy) is 1. The molecule has 1 N–H and O–H groups in total. The Morgan fingerprint density at radius 1 is 1.15 bits per heavy atom. The van der Waals surface area contributed by atoms with Crippen LogP contribution in [0.3, 0.4) is 0 Å². The number of hydrogen-bond acceptors (Lipinski definition) is 4. The Labute approximate surface area is 157 Å². The van der Waals surface area contributed by atoms with Crippen molar-refractivity contribution >= 4 is 15.9 Å². The van der Waals surface area contributed by atoms with Gasteiger partial charge in [-0.05, 0) is 49.9 Å². The number of amides is 1. The molecule has 1 aliphatic heterocycles. The zero-order chi connectivity index (χ0) is 19.7. The van der Waals surface area contributed by atoms with Crippen LogP contribution in [0.5, 0.6) is 5.75 Å². The summed E-state index contributed by atoms with van der Waals surface area (Å²) in [5.74, 6) is 0.454. The molecule has 6 nitrogen and oxygen atoms in total. The van der Waals surface area contributed by atoms with Crippen LogP contribution in [0.15, 0.2) is 17.0 Å². The van der Waals surface area contributed by atoms with E-state index in [9.17, 15) is 13.2 Å². The number of sulfonamides is 1. The number of rotatable bonds is 4. The normalized spacial score (nSPS) is 16.6. The van der Waals surface area contributed by atoms with E-state index in [0.717, 1.165) is 11.1 Å². The first-order chi connectivity index (χ1) is 12.0. The summed E-state index contributed by atoms with van der Waals surface area (Å²) in [6.07, 6.45) is 1.21. The summed E-state index contributed by atoms with van der Waals surface area (Å²) in [5.41, 5.74) is 1.46. The molecule has 2 rings (SSSR count). The smallest absolute Gasteiger partial charge is 0.244 e. The van der Waals surface area contributed by atoms with Crippen LogP contribution in [0.2, 0.25) is 0 Å². The molecule has 0 aromatic heterocycles. The van der Waals surface area contributed by atoms with Gasteiger partial charge in [-0.3, -0.25) is 4.79 Å². The summed E-state index contributed by atoms with van der Waals surface area (Å²) in [5, 5.41) is 0. The first-order valence-corrected chi connectivity index (χ1v) is 10.4. The summed E-state index contributed by atoms with van der Waals surface area (Å²) in [7, 11) is -2.21. The standard InChI is InChI=1S/C19H30N2O4S/c1-13-11-16(25-6)17(12-14(13)2)26(23,24)20-15-7-9-21(10-8-15)18(22)19(3,4)5/h11-12,15,20H,7-10H2,1-6H3. The molecule has 1 aromatic carbocycles. The lowest BCUT2D eigenvalue weighted by atomic mass is 9.93. The van der Waals surface area contributed by atoms with Gasteiger partial charge in [0.05, 0.1) is 7.11 Å². The quantitative estimate of drug-likeness (QED) is 0.869. The third-order valence-corrected chi connectivity index (χ3v) is 6.36. The Bertz CT molecular complexity index is 773. The van der Waals surface area contributed by atoms with Crippen molar-refractivity contribution in [3.63, 3.8) is 0 Å². The topological polar surface area (TPSA) is 75.7 Å². The zero-order valence-electron chi connectivity index (χ0n) is 16.5. The van der Waals surface area contributed by atoms with E-state index in [1.807, 2.05) is 39.5 Å². The highest BCUT2D eigenvalue weighted by Gasteiger charge is 2.32. The molecule has 0 radical (unpaired) electrons. The number of nitrogens with one attached hydrogen (secondary N) is 1. The summed E-state index contributed by atoms with van der Waals surface area (Å²) < 4.78 is 33.7. The number of piperidine rings is 1. The average molecular weight is 383 g/mol. The van der Waals surface area contributed by atoms with Gasteiger partial charge in [-0.15, -0.1) is 0 Å². The van der Waals surface area contributed by atoms with Crippen LogP contribution in [0.1, 0.15) is 44.7 Å². The molecule has 26 heavy (non-hydrogen) atoms. The zero-order valence-corrected chi connectivity index (χ0v) is 17.4. The van der Waals surface area contributed by atoms with E-state index < -0.39 is 15.4 Å². The molecular formula is C19H30N2O4S. The molecule has 1 fully saturated rings. The second kappa shape index (κ2) is 7.56. The number of benzene rings is 1. The number of nitrogens with zero attached hydrogens (tertiary/aromatic N) is 1. The maximum atomic E-state index is 12.8. The Morgan fingerprint density at radius 3 is 2.19 bits per heavy atom. The van der Waals surface area contributed by atoms with Crippen LogP contribution in [-0.2, 0) is 14.8 Å². The van der Waals surface area contributed by atoms with Gasteiger partial charge in [0.25, 0.3) is 0 Å². The molecule has 0 spiro atoms. The first kappa shape index (κ1) is 20.7. The minimum Gasteiger partial charge on any atom is -0.495 e. The maximum Gasteiger partial charge on any atom is 0.244 e. The predicted octanol–water partition coefficient (Wildman–Crippen LogP) is 2.63. The second-order valence-electron chi connectivity index (χ2n) is 8.03. The second-order valence-corrected chi connectivity index (χ2v) is 9.71. The van der Waals surface area contributed by atoms with Crippen molar-refractivity contribution in [3.8, 4) is 5.75 Å². The minimum absolute atomic E-state index is 0.106. The summed E-state index contributed by atoms with van der Waals surface area (Å²) in [6, 6.07) is 3.21. The Morgan fingerprint density at radius 2 is 1.69 bits per heavy atom. The van der Waals surface area contributed by atoms with Gasteiger partial charge in [-0.1, -0.05) is 20.8 Å². The van der Waals surface area contributed by atoms with Gasteiger partial charge in [-0.2, -0.15) is 0 Å². The van der Waals surface area contributed by atoms with Crippen molar-refractivity contribution in [1.29, 1.82) is 0 Å². The molecule has 1 heterocycles. The van der Waals surface area contributed by atoms with E-state index in [0.29, 0.717) is 31.7 Å². The van der Waals surface area contributed by atoms with E-state index in [4.69, 9.17) is 4.74 Å². The highest BCUT2D eigenvalue weighted by molar-refractivity contribution is 7.89. The summed E-state index contributed by atoms with van der Waals surface area (Å²) in [4.78, 5) is 14.3. The van der Waals surface area contributed by atoms with Crippen LogP contribution >= 0.6 is 0 Å². The molecule has 0 bridgehead atoms. The summed E-state index contributed by atoms with van der Waals surface area (Å²) >= 11 is 0. The molecule has 1 amide bonds. The molecule has 1 aromatic rings. The van der Waals surface area contributed by atoms with Gasteiger partial charge in [0, 0.05) is 24.5 Å². The molecule has 0 atom stereocenters. The molecule has 1 saturated heterocycles. The monoisotopic (exact) mass is 382 g/mol. The maximum absolute atomic E-state index is 12.8. The van der Waals surface area contributed by atoms with E-state index in [-0.39, 0.29) is 16.8 Å². The minimum atomic E-state index is -3.69. The first-order valence-electron chi connectivity index (χ1n) is 8.92. The van der Waals surface area contributed by atoms with Crippen molar-refractivity contribution in [2.75, 3.05) is 20.2 Å². The van der Waals surface area contributed by atoms with Gasteiger partial charge in [0.15, 0.2) is 0 Å². The number of methoxy groups -OCH3 is 1. The van der Waals surface area contributed by atoms with Gasteiger partial charge in [0.1, 0.15) is 10.6 Å². The number of aryl methyl sites for hydroxylation is 2. The number of carbonyl (C=O) groups is 1. The van der Waals surface area contributed by atoms with Crippen LogP contribution in [-0.4, -0.2) is 45.5 Å². The molecule has 1 aliphatic rings. The highest BCUT2D eigenvalue weighted by Crippen LogP contribution is 2.28. The van der Waals surface area contributed by atoms with Crippen LogP contribution in [0, 0.1) is 19.3 Å².